The molecule has 0 bridgehead atoms. The molecule has 0 atom stereocenters. The molecule has 10 heteroatoms. The summed E-state index contributed by atoms with van der Waals surface area (Å²) in [6, 6.07) is 18.1. The Morgan fingerprint density at radius 2 is 1.73 bits per heavy atom. The number of aromatic nitrogens is 3. The van der Waals surface area contributed by atoms with E-state index in [1.807, 2.05) is 54.1 Å². The van der Waals surface area contributed by atoms with Crippen LogP contribution in [0.4, 0.5) is 18.9 Å². The Labute approximate surface area is 259 Å². The van der Waals surface area contributed by atoms with Crippen molar-refractivity contribution < 1.29 is 18.0 Å². The van der Waals surface area contributed by atoms with Gasteiger partial charge in [-0.25, -0.2) is 0 Å². The van der Waals surface area contributed by atoms with Crippen molar-refractivity contribution in [2.24, 2.45) is 7.05 Å². The smallest absolute Gasteiger partial charge is 0.314 e. The molecule has 2 aliphatic carbocycles. The standard InChI is InChI=1S/C34H33ClF3N5O/c1-33(11-4-12-33)39-18-20-13-27-28(29(14-20)34(36,37)38)19-43(32(27)44)26-6-3-5-23(17-26)21-7-9-22(10-8-21)30-40-41-31(42(30)2)24-15-25(35)16-24/h3,5-10,13-14,17,24-25,39H,4,11-12,15-16,18-19H2,1-2H3. The van der Waals surface area contributed by atoms with Gasteiger partial charge in [-0.05, 0) is 85.5 Å². The van der Waals surface area contributed by atoms with E-state index in [2.05, 4.69) is 22.4 Å². The van der Waals surface area contributed by atoms with Crippen LogP contribution in [-0.2, 0) is 26.3 Å². The van der Waals surface area contributed by atoms with Crippen LogP contribution in [0.25, 0.3) is 22.5 Å². The Kier molecular flexibility index (Phi) is 7.09. The minimum Gasteiger partial charge on any atom is -0.314 e. The van der Waals surface area contributed by atoms with Crippen LogP contribution in [0.2, 0.25) is 0 Å². The lowest BCUT2D eigenvalue weighted by molar-refractivity contribution is -0.138. The second-order valence-electron chi connectivity index (χ2n) is 12.7. The minimum absolute atomic E-state index is 0.0300. The van der Waals surface area contributed by atoms with Crippen LogP contribution < -0.4 is 10.2 Å². The van der Waals surface area contributed by atoms with E-state index in [0.29, 0.717) is 17.2 Å². The first kappa shape index (κ1) is 29.0. The maximum atomic E-state index is 14.2. The molecule has 7 rings (SSSR count). The molecular weight excluding hydrogens is 587 g/mol. The second kappa shape index (κ2) is 10.7. The van der Waals surface area contributed by atoms with E-state index in [4.69, 9.17) is 11.6 Å². The molecule has 0 saturated heterocycles. The fourth-order valence-electron chi connectivity index (χ4n) is 6.60. The van der Waals surface area contributed by atoms with Crippen molar-refractivity contribution in [3.05, 3.63) is 88.7 Å². The summed E-state index contributed by atoms with van der Waals surface area (Å²) < 4.78 is 44.6. The fraction of sp³-hybridized carbons (Fsp3) is 0.382. The maximum Gasteiger partial charge on any atom is 0.416 e. The molecule has 2 heterocycles. The lowest BCUT2D eigenvalue weighted by atomic mass is 9.78. The fourth-order valence-corrected chi connectivity index (χ4v) is 7.03. The molecule has 2 saturated carbocycles. The van der Waals surface area contributed by atoms with E-state index < -0.39 is 17.6 Å². The van der Waals surface area contributed by atoms with Crippen LogP contribution in [0.1, 0.15) is 77.8 Å². The Morgan fingerprint density at radius 3 is 2.39 bits per heavy atom. The zero-order valence-electron chi connectivity index (χ0n) is 24.6. The number of hydrogen-bond donors (Lipinski definition) is 1. The van der Waals surface area contributed by atoms with E-state index in [9.17, 15) is 18.0 Å². The van der Waals surface area contributed by atoms with E-state index in [-0.39, 0.29) is 35.1 Å². The van der Waals surface area contributed by atoms with Crippen molar-refractivity contribution in [2.45, 2.75) is 75.1 Å². The van der Waals surface area contributed by atoms with Gasteiger partial charge in [0.1, 0.15) is 5.82 Å². The molecule has 3 aliphatic rings. The molecule has 228 valence electrons. The average Bonchev–Trinajstić information content (AvgIpc) is 3.52. The molecular formula is C34H33ClF3N5O. The Bertz CT molecular complexity index is 1740. The molecule has 3 aromatic carbocycles. The zero-order valence-corrected chi connectivity index (χ0v) is 25.3. The minimum atomic E-state index is -4.56. The summed E-state index contributed by atoms with van der Waals surface area (Å²) in [4.78, 5) is 15.0. The van der Waals surface area contributed by atoms with E-state index in [0.717, 1.165) is 60.4 Å². The third kappa shape index (κ3) is 5.20. The van der Waals surface area contributed by atoms with Crippen LogP contribution in [0.15, 0.2) is 60.7 Å². The van der Waals surface area contributed by atoms with Crippen LogP contribution >= 0.6 is 11.6 Å². The van der Waals surface area contributed by atoms with Crippen LogP contribution in [0.3, 0.4) is 0 Å². The van der Waals surface area contributed by atoms with Crippen molar-refractivity contribution in [3.63, 3.8) is 0 Å². The Morgan fingerprint density at radius 1 is 1.00 bits per heavy atom. The van der Waals surface area contributed by atoms with E-state index >= 15 is 0 Å². The summed E-state index contributed by atoms with van der Waals surface area (Å²) in [6.45, 7) is 2.24. The highest BCUT2D eigenvalue weighted by Gasteiger charge is 2.41. The van der Waals surface area contributed by atoms with Crippen molar-refractivity contribution in [1.29, 1.82) is 0 Å². The molecule has 0 spiro atoms. The van der Waals surface area contributed by atoms with Gasteiger partial charge in [-0.3, -0.25) is 4.79 Å². The first-order valence-electron chi connectivity index (χ1n) is 15.0. The van der Waals surface area contributed by atoms with Crippen LogP contribution in [0, 0.1) is 0 Å². The van der Waals surface area contributed by atoms with Gasteiger partial charge in [-0.1, -0.05) is 36.4 Å². The number of alkyl halides is 4. The number of benzene rings is 3. The first-order chi connectivity index (χ1) is 21.0. The summed E-state index contributed by atoms with van der Waals surface area (Å²) >= 11 is 6.17. The molecule has 2 fully saturated rings. The number of amides is 1. The molecule has 1 amide bonds. The van der Waals surface area contributed by atoms with Gasteiger partial charge < -0.3 is 14.8 Å². The molecule has 0 unspecified atom stereocenters. The van der Waals surface area contributed by atoms with Crippen LogP contribution in [-0.4, -0.2) is 31.6 Å². The number of nitrogens with zero attached hydrogens (tertiary/aromatic N) is 4. The SMILES string of the molecule is Cn1c(-c2ccc(-c3cccc(N4Cc5c(cc(CNC6(C)CCC6)cc5C(F)(F)F)C4=O)c3)cc2)nnc1C1CC(Cl)C1. The van der Waals surface area contributed by atoms with Crippen LogP contribution in [0.5, 0.6) is 0 Å². The number of anilines is 1. The van der Waals surface area contributed by atoms with Crippen molar-refractivity contribution >= 4 is 23.2 Å². The third-order valence-electron chi connectivity index (χ3n) is 9.57. The molecule has 1 N–H and O–H groups in total. The van der Waals surface area contributed by atoms with Gasteiger partial charge in [0.2, 0.25) is 0 Å². The summed E-state index contributed by atoms with van der Waals surface area (Å²) in [5.41, 5.74) is 3.08. The van der Waals surface area contributed by atoms with Crippen molar-refractivity contribution in [1.82, 2.24) is 20.1 Å². The Hall–Kier alpha value is -3.69. The van der Waals surface area contributed by atoms with Gasteiger partial charge in [-0.15, -0.1) is 21.8 Å². The van der Waals surface area contributed by atoms with Crippen molar-refractivity contribution in [2.75, 3.05) is 4.90 Å². The molecule has 44 heavy (non-hydrogen) atoms. The van der Waals surface area contributed by atoms with Gasteiger partial charge >= 0.3 is 6.18 Å². The number of carbonyl (C=O) groups is 1. The predicted molar refractivity (Wildman–Crippen MR) is 165 cm³/mol. The summed E-state index contributed by atoms with van der Waals surface area (Å²) in [5, 5.41) is 12.4. The summed E-state index contributed by atoms with van der Waals surface area (Å²) in [7, 11) is 1.97. The molecule has 1 aliphatic heterocycles. The van der Waals surface area contributed by atoms with Crippen molar-refractivity contribution in [3.8, 4) is 22.5 Å². The number of rotatable bonds is 7. The van der Waals surface area contributed by atoms with E-state index in [1.54, 1.807) is 12.1 Å². The van der Waals surface area contributed by atoms with Gasteiger partial charge in [0.25, 0.3) is 5.91 Å². The van der Waals surface area contributed by atoms with Gasteiger partial charge in [0, 0.05) is 47.2 Å². The third-order valence-corrected chi connectivity index (χ3v) is 9.93. The second-order valence-corrected chi connectivity index (χ2v) is 13.3. The topological polar surface area (TPSA) is 63.0 Å². The molecule has 0 radical (unpaired) electrons. The number of hydrogen-bond acceptors (Lipinski definition) is 4. The monoisotopic (exact) mass is 619 g/mol. The average molecular weight is 620 g/mol. The highest BCUT2D eigenvalue weighted by atomic mass is 35.5. The molecule has 4 aromatic rings. The Balaban J connectivity index is 1.13. The molecule has 6 nitrogen and oxygen atoms in total. The largest absolute Gasteiger partial charge is 0.416 e. The normalized spacial score (nSPS) is 20.8. The number of nitrogens with one attached hydrogen (secondary N) is 1. The zero-order chi connectivity index (χ0) is 30.8. The quantitative estimate of drug-likeness (QED) is 0.214. The van der Waals surface area contributed by atoms with Gasteiger partial charge in [0.05, 0.1) is 12.1 Å². The molecule has 1 aromatic heterocycles. The maximum absolute atomic E-state index is 14.2. The van der Waals surface area contributed by atoms with E-state index in [1.165, 1.54) is 11.0 Å². The van der Waals surface area contributed by atoms with Gasteiger partial charge in [0.15, 0.2) is 5.82 Å². The van der Waals surface area contributed by atoms with Gasteiger partial charge in [-0.2, -0.15) is 13.2 Å². The number of fused-ring (bicyclic) bond motifs is 1. The highest BCUT2D eigenvalue weighted by molar-refractivity contribution is 6.21. The lowest BCUT2D eigenvalue weighted by Crippen LogP contribution is -2.47. The lowest BCUT2D eigenvalue weighted by Gasteiger charge is -2.39. The number of halogens is 4. The predicted octanol–water partition coefficient (Wildman–Crippen LogP) is 7.85. The number of carbonyl (C=O) groups excluding carboxylic acids is 1. The summed E-state index contributed by atoms with van der Waals surface area (Å²) in [5.74, 6) is 1.63. The summed E-state index contributed by atoms with van der Waals surface area (Å²) in [6.07, 6.45) is 0.343. The highest BCUT2D eigenvalue weighted by Crippen LogP contribution is 2.42. The first-order valence-corrected chi connectivity index (χ1v) is 15.5.